The summed E-state index contributed by atoms with van der Waals surface area (Å²) in [5, 5.41) is 7.82. The number of amides is 2. The summed E-state index contributed by atoms with van der Waals surface area (Å²) >= 11 is 0. The molecule has 9 nitrogen and oxygen atoms in total. The lowest BCUT2D eigenvalue weighted by Gasteiger charge is -2.22. The van der Waals surface area contributed by atoms with E-state index >= 15 is 0 Å². The van der Waals surface area contributed by atoms with Gasteiger partial charge in [-0.25, -0.2) is 9.67 Å². The maximum Gasteiger partial charge on any atom is 0.275 e. The molecule has 2 amide bonds. The van der Waals surface area contributed by atoms with Gasteiger partial charge in [0.2, 0.25) is 11.8 Å². The number of aryl methyl sites for hydroxylation is 1. The van der Waals surface area contributed by atoms with Gasteiger partial charge < -0.3 is 16.0 Å². The largest absolute Gasteiger partial charge is 0.387 e. The van der Waals surface area contributed by atoms with Crippen molar-refractivity contribution in [2.45, 2.75) is 46.6 Å². The summed E-state index contributed by atoms with van der Waals surface area (Å²) in [6.07, 6.45) is 5.61. The lowest BCUT2D eigenvalue weighted by molar-refractivity contribution is -0.127. The number of hydrogen-bond donors (Lipinski definition) is 2. The van der Waals surface area contributed by atoms with Crippen molar-refractivity contribution in [3.63, 3.8) is 0 Å². The fourth-order valence-corrected chi connectivity index (χ4v) is 4.73. The minimum absolute atomic E-state index is 0.00674. The van der Waals surface area contributed by atoms with E-state index < -0.39 is 0 Å². The van der Waals surface area contributed by atoms with E-state index in [0.29, 0.717) is 47.4 Å². The maximum absolute atomic E-state index is 13.3. The highest BCUT2D eigenvalue weighted by Crippen LogP contribution is 2.35. The van der Waals surface area contributed by atoms with Crippen molar-refractivity contribution in [3.05, 3.63) is 63.6 Å². The fraction of sp³-hybridized carbons (Fsp3) is 0.345. The number of benzene rings is 2. The second kappa shape index (κ2) is 11.4. The summed E-state index contributed by atoms with van der Waals surface area (Å²) in [6, 6.07) is 9.52. The van der Waals surface area contributed by atoms with Gasteiger partial charge in [-0.3, -0.25) is 14.4 Å². The number of aromatic nitrogens is 2. The van der Waals surface area contributed by atoms with E-state index in [-0.39, 0.29) is 23.9 Å². The van der Waals surface area contributed by atoms with Crippen molar-refractivity contribution in [1.82, 2.24) is 20.0 Å². The number of carbonyl (C=O) groups is 2. The standard InChI is InChI=1S/C29H34N6O3/c1-5-9-34(10-6-2)28(37)21-13-24-18(3)11-20(14-25(24)33-26(30)15-21)19-7-8-23-22(12-19)16-32-35(29(23)38)17-27(36)31-4/h7-8,11-14,16H,5-6,9-10,15,17H2,1-4H3,(H2,30,33)(H,31,36). The number of carbonyl (C=O) groups excluding carboxylic acids is 2. The Kier molecular flexibility index (Phi) is 8.05. The molecule has 9 heteroatoms. The number of fused-ring (bicyclic) bond motifs is 2. The van der Waals surface area contributed by atoms with E-state index in [0.717, 1.165) is 39.8 Å². The van der Waals surface area contributed by atoms with Gasteiger partial charge in [0.15, 0.2) is 0 Å². The Morgan fingerprint density at radius 2 is 1.84 bits per heavy atom. The lowest BCUT2D eigenvalue weighted by atomic mass is 9.95. The molecule has 0 radical (unpaired) electrons. The second-order valence-corrected chi connectivity index (χ2v) is 9.55. The Balaban J connectivity index is 1.73. The Hall–Kier alpha value is -4.27. The molecule has 0 saturated heterocycles. The topological polar surface area (TPSA) is 123 Å². The van der Waals surface area contributed by atoms with Gasteiger partial charge in [-0.1, -0.05) is 26.0 Å². The summed E-state index contributed by atoms with van der Waals surface area (Å²) in [7, 11) is 1.52. The zero-order valence-electron chi connectivity index (χ0n) is 22.4. The summed E-state index contributed by atoms with van der Waals surface area (Å²) < 4.78 is 1.15. The van der Waals surface area contributed by atoms with Gasteiger partial charge in [0.05, 0.1) is 17.3 Å². The number of hydrogen-bond acceptors (Lipinski definition) is 6. The minimum atomic E-state index is -0.323. The summed E-state index contributed by atoms with van der Waals surface area (Å²) in [5.41, 5.74) is 11.0. The fourth-order valence-electron chi connectivity index (χ4n) is 4.73. The molecule has 198 valence electrons. The van der Waals surface area contributed by atoms with Crippen molar-refractivity contribution in [2.24, 2.45) is 10.7 Å². The molecule has 2 heterocycles. The van der Waals surface area contributed by atoms with Crippen LogP contribution in [-0.2, 0) is 16.1 Å². The third-order valence-corrected chi connectivity index (χ3v) is 6.63. The van der Waals surface area contributed by atoms with Gasteiger partial charge in [-0.05, 0) is 60.7 Å². The van der Waals surface area contributed by atoms with Crippen molar-refractivity contribution in [1.29, 1.82) is 0 Å². The first-order valence-corrected chi connectivity index (χ1v) is 12.9. The molecule has 3 N–H and O–H groups in total. The quantitative estimate of drug-likeness (QED) is 0.476. The number of nitrogens with two attached hydrogens (primary N) is 1. The predicted octanol–water partition coefficient (Wildman–Crippen LogP) is 3.54. The number of nitrogens with zero attached hydrogens (tertiary/aromatic N) is 4. The van der Waals surface area contributed by atoms with E-state index in [2.05, 4.69) is 29.3 Å². The zero-order chi connectivity index (χ0) is 27.4. The van der Waals surface area contributed by atoms with Crippen LogP contribution in [0.2, 0.25) is 0 Å². The van der Waals surface area contributed by atoms with Crippen LogP contribution in [0.4, 0.5) is 5.69 Å². The van der Waals surface area contributed by atoms with Crippen molar-refractivity contribution in [2.75, 3.05) is 20.1 Å². The molecule has 0 bridgehead atoms. The van der Waals surface area contributed by atoms with Gasteiger partial charge in [0.1, 0.15) is 12.4 Å². The van der Waals surface area contributed by atoms with Gasteiger partial charge >= 0.3 is 0 Å². The molecular formula is C29H34N6O3. The first-order valence-electron chi connectivity index (χ1n) is 12.9. The number of rotatable bonds is 8. The first-order chi connectivity index (χ1) is 18.2. The van der Waals surface area contributed by atoms with E-state index in [9.17, 15) is 14.4 Å². The van der Waals surface area contributed by atoms with E-state index in [1.165, 1.54) is 7.05 Å². The number of aliphatic imine (C=N–C) groups is 1. The number of amidine groups is 1. The second-order valence-electron chi connectivity index (χ2n) is 9.55. The highest BCUT2D eigenvalue weighted by Gasteiger charge is 2.22. The third-order valence-electron chi connectivity index (χ3n) is 6.63. The number of nitrogens with one attached hydrogen (secondary N) is 1. The van der Waals surface area contributed by atoms with Crippen LogP contribution in [0.1, 0.15) is 44.2 Å². The molecule has 3 aromatic rings. The molecule has 0 fully saturated rings. The van der Waals surface area contributed by atoms with E-state index in [4.69, 9.17) is 5.73 Å². The van der Waals surface area contributed by atoms with Crippen LogP contribution in [0.25, 0.3) is 28.0 Å². The van der Waals surface area contributed by atoms with Gasteiger partial charge in [-0.2, -0.15) is 5.10 Å². The van der Waals surface area contributed by atoms with Crippen LogP contribution < -0.4 is 16.6 Å². The average molecular weight is 515 g/mol. The Morgan fingerprint density at radius 3 is 2.53 bits per heavy atom. The first kappa shape index (κ1) is 26.8. The normalized spacial score (nSPS) is 12.8. The summed E-state index contributed by atoms with van der Waals surface area (Å²) in [6.45, 7) is 7.41. The van der Waals surface area contributed by atoms with E-state index in [1.807, 2.05) is 42.2 Å². The monoisotopic (exact) mass is 514 g/mol. The van der Waals surface area contributed by atoms with Crippen molar-refractivity contribution in [3.8, 4) is 11.1 Å². The molecule has 0 aliphatic carbocycles. The third kappa shape index (κ3) is 5.51. The Labute approximate surface area is 222 Å². The molecule has 0 spiro atoms. The lowest BCUT2D eigenvalue weighted by Crippen LogP contribution is -2.34. The van der Waals surface area contributed by atoms with Gasteiger partial charge in [-0.15, -0.1) is 0 Å². The SMILES string of the molecule is CCCN(CCC)C(=O)C1=Cc2c(C)cc(-c3ccc4c(=O)n(CC(=O)NC)ncc4c3)cc2N=C(N)C1. The summed E-state index contributed by atoms with van der Waals surface area (Å²) in [4.78, 5) is 44.4. The molecule has 0 atom stereocenters. The summed E-state index contributed by atoms with van der Waals surface area (Å²) in [5.74, 6) is 0.109. The molecule has 1 aliphatic heterocycles. The van der Waals surface area contributed by atoms with Crippen LogP contribution in [0.5, 0.6) is 0 Å². The Morgan fingerprint density at radius 1 is 1.11 bits per heavy atom. The van der Waals surface area contributed by atoms with Crippen LogP contribution in [-0.4, -0.2) is 52.5 Å². The molecule has 0 unspecified atom stereocenters. The maximum atomic E-state index is 13.3. The van der Waals surface area contributed by atoms with Crippen molar-refractivity contribution < 1.29 is 9.59 Å². The average Bonchev–Trinajstić information content (AvgIpc) is 3.07. The van der Waals surface area contributed by atoms with Crippen molar-refractivity contribution >= 4 is 40.2 Å². The molecule has 4 rings (SSSR count). The minimum Gasteiger partial charge on any atom is -0.387 e. The van der Waals surface area contributed by atoms with Crippen LogP contribution >= 0.6 is 0 Å². The van der Waals surface area contributed by atoms with Gasteiger partial charge in [0.25, 0.3) is 5.56 Å². The van der Waals surface area contributed by atoms with Gasteiger partial charge in [0, 0.05) is 43.1 Å². The highest BCUT2D eigenvalue weighted by molar-refractivity contribution is 6.06. The molecule has 38 heavy (non-hydrogen) atoms. The number of likely N-dealkylation sites (N-methyl/N-ethyl adjacent to an activating group) is 1. The zero-order valence-corrected chi connectivity index (χ0v) is 22.4. The molecule has 0 saturated carbocycles. The van der Waals surface area contributed by atoms with Crippen LogP contribution in [0.3, 0.4) is 0 Å². The molecule has 1 aliphatic rings. The van der Waals surface area contributed by atoms with Crippen LogP contribution in [0, 0.1) is 6.92 Å². The predicted molar refractivity (Wildman–Crippen MR) is 151 cm³/mol. The van der Waals surface area contributed by atoms with Crippen LogP contribution in [0.15, 0.2) is 51.9 Å². The smallest absolute Gasteiger partial charge is 0.275 e. The molecule has 1 aromatic heterocycles. The molecular weight excluding hydrogens is 480 g/mol. The molecule has 2 aromatic carbocycles. The Bertz CT molecular complexity index is 1510. The highest BCUT2D eigenvalue weighted by atomic mass is 16.2. The van der Waals surface area contributed by atoms with E-state index in [1.54, 1.807) is 12.3 Å².